The van der Waals surface area contributed by atoms with Gasteiger partial charge in [-0.1, -0.05) is 26.2 Å². The first-order valence-electron chi connectivity index (χ1n) is 7.94. The van der Waals surface area contributed by atoms with Crippen molar-refractivity contribution in [3.05, 3.63) is 17.6 Å². The fourth-order valence-corrected chi connectivity index (χ4v) is 3.53. The summed E-state index contributed by atoms with van der Waals surface area (Å²) < 4.78 is 0. The number of hydrogen-bond donors (Lipinski definition) is 1. The molecule has 1 heterocycles. The Morgan fingerprint density at radius 2 is 1.84 bits per heavy atom. The van der Waals surface area contributed by atoms with E-state index in [2.05, 4.69) is 22.2 Å². The minimum atomic E-state index is 0.600. The van der Waals surface area contributed by atoms with E-state index >= 15 is 0 Å². The van der Waals surface area contributed by atoms with Crippen molar-refractivity contribution in [2.24, 2.45) is 5.92 Å². The van der Waals surface area contributed by atoms with Crippen molar-refractivity contribution in [3.63, 3.8) is 0 Å². The van der Waals surface area contributed by atoms with Crippen molar-refractivity contribution < 1.29 is 0 Å². The van der Waals surface area contributed by atoms with Crippen LogP contribution in [0.2, 0.25) is 0 Å². The second-order valence-electron chi connectivity index (χ2n) is 6.22. The highest BCUT2D eigenvalue weighted by atomic mass is 15.0. The number of nitrogens with zero attached hydrogens (tertiary/aromatic N) is 2. The third-order valence-electron chi connectivity index (χ3n) is 4.81. The molecule has 0 amide bonds. The molecular weight excluding hydrogens is 234 g/mol. The number of anilines is 1. The molecule has 3 heteroatoms. The molecule has 0 spiro atoms. The van der Waals surface area contributed by atoms with Gasteiger partial charge in [0.15, 0.2) is 0 Å². The standard InChI is InChI=1S/C16H25N3/c1-12-7-3-2-4-9-14(12)19-16-13-8-5-6-10-15(13)17-11-18-16/h11-12,14H,2-10H2,1H3,(H,17,18,19). The molecule has 1 aromatic heterocycles. The smallest absolute Gasteiger partial charge is 0.133 e. The van der Waals surface area contributed by atoms with E-state index in [1.165, 1.54) is 56.2 Å². The number of hydrogen-bond acceptors (Lipinski definition) is 3. The van der Waals surface area contributed by atoms with Gasteiger partial charge in [-0.2, -0.15) is 0 Å². The number of fused-ring (bicyclic) bond motifs is 1. The van der Waals surface area contributed by atoms with E-state index in [1.807, 2.05) is 0 Å². The summed E-state index contributed by atoms with van der Waals surface area (Å²) in [4.78, 5) is 8.99. The molecule has 3 rings (SSSR count). The van der Waals surface area contributed by atoms with E-state index in [1.54, 1.807) is 6.33 Å². The normalized spacial score (nSPS) is 27.4. The van der Waals surface area contributed by atoms with Crippen molar-refractivity contribution in [3.8, 4) is 0 Å². The first kappa shape index (κ1) is 12.9. The molecule has 2 aliphatic rings. The molecule has 0 saturated heterocycles. The summed E-state index contributed by atoms with van der Waals surface area (Å²) in [5.74, 6) is 1.89. The van der Waals surface area contributed by atoms with E-state index in [4.69, 9.17) is 0 Å². The van der Waals surface area contributed by atoms with Crippen LogP contribution < -0.4 is 5.32 Å². The number of aromatic nitrogens is 2. The predicted octanol–water partition coefficient (Wildman–Crippen LogP) is 3.74. The van der Waals surface area contributed by atoms with Crippen molar-refractivity contribution in [2.45, 2.75) is 70.8 Å². The van der Waals surface area contributed by atoms with Gasteiger partial charge < -0.3 is 5.32 Å². The molecule has 0 aliphatic heterocycles. The lowest BCUT2D eigenvalue weighted by atomic mass is 9.94. The number of rotatable bonds is 2. The first-order valence-corrected chi connectivity index (χ1v) is 7.94. The zero-order chi connectivity index (χ0) is 13.1. The third-order valence-corrected chi connectivity index (χ3v) is 4.81. The highest BCUT2D eigenvalue weighted by Gasteiger charge is 2.22. The number of nitrogens with one attached hydrogen (secondary N) is 1. The maximum absolute atomic E-state index is 4.53. The van der Waals surface area contributed by atoms with Crippen LogP contribution in [0.4, 0.5) is 5.82 Å². The molecule has 19 heavy (non-hydrogen) atoms. The molecule has 0 aromatic carbocycles. The highest BCUT2D eigenvalue weighted by Crippen LogP contribution is 2.29. The third kappa shape index (κ3) is 2.90. The molecule has 1 N–H and O–H groups in total. The van der Waals surface area contributed by atoms with Crippen LogP contribution in [0.15, 0.2) is 6.33 Å². The summed E-state index contributed by atoms with van der Waals surface area (Å²) in [5.41, 5.74) is 2.68. The van der Waals surface area contributed by atoms with Crippen LogP contribution in [0, 0.1) is 5.92 Å². The quantitative estimate of drug-likeness (QED) is 0.822. The molecule has 0 bridgehead atoms. The Hall–Kier alpha value is -1.12. The summed E-state index contributed by atoms with van der Waals surface area (Å²) >= 11 is 0. The Morgan fingerprint density at radius 3 is 2.79 bits per heavy atom. The van der Waals surface area contributed by atoms with Gasteiger partial charge in [0, 0.05) is 17.3 Å². The van der Waals surface area contributed by atoms with Gasteiger partial charge in [0.2, 0.25) is 0 Å². The molecule has 104 valence electrons. The van der Waals surface area contributed by atoms with Crippen LogP contribution in [0.25, 0.3) is 0 Å². The van der Waals surface area contributed by atoms with Crippen molar-refractivity contribution in [2.75, 3.05) is 5.32 Å². The van der Waals surface area contributed by atoms with Gasteiger partial charge in [0.1, 0.15) is 12.1 Å². The summed E-state index contributed by atoms with van der Waals surface area (Å²) in [5, 5.41) is 3.75. The van der Waals surface area contributed by atoms with Crippen LogP contribution in [0.3, 0.4) is 0 Å². The molecule has 1 aromatic rings. The van der Waals surface area contributed by atoms with Gasteiger partial charge in [-0.05, 0) is 44.4 Å². The Morgan fingerprint density at radius 1 is 1.00 bits per heavy atom. The van der Waals surface area contributed by atoms with Crippen LogP contribution in [0.5, 0.6) is 0 Å². The minimum Gasteiger partial charge on any atom is -0.367 e. The summed E-state index contributed by atoms with van der Waals surface area (Å²) in [6.45, 7) is 2.39. The van der Waals surface area contributed by atoms with Crippen LogP contribution in [-0.4, -0.2) is 16.0 Å². The van der Waals surface area contributed by atoms with E-state index in [0.29, 0.717) is 6.04 Å². The van der Waals surface area contributed by atoms with E-state index in [-0.39, 0.29) is 0 Å². The molecular formula is C16H25N3. The minimum absolute atomic E-state index is 0.600. The molecule has 0 radical (unpaired) electrons. The predicted molar refractivity (Wildman–Crippen MR) is 78.3 cm³/mol. The van der Waals surface area contributed by atoms with Gasteiger partial charge >= 0.3 is 0 Å². The lowest BCUT2D eigenvalue weighted by Crippen LogP contribution is -2.28. The van der Waals surface area contributed by atoms with Gasteiger partial charge in [0.25, 0.3) is 0 Å². The zero-order valence-electron chi connectivity index (χ0n) is 12.0. The SMILES string of the molecule is CC1CCCCCC1Nc1ncnc2c1CCCC2. The second-order valence-corrected chi connectivity index (χ2v) is 6.22. The lowest BCUT2D eigenvalue weighted by Gasteiger charge is -2.26. The average Bonchev–Trinajstić information content (AvgIpc) is 2.65. The molecule has 3 nitrogen and oxygen atoms in total. The largest absolute Gasteiger partial charge is 0.367 e. The maximum Gasteiger partial charge on any atom is 0.133 e. The molecule has 1 fully saturated rings. The molecule has 2 unspecified atom stereocenters. The first-order chi connectivity index (χ1) is 9.34. The Balaban J connectivity index is 1.78. The number of aryl methyl sites for hydroxylation is 1. The Bertz CT molecular complexity index is 430. The summed E-state index contributed by atoms with van der Waals surface area (Å²) in [6.07, 6.45) is 13.4. The maximum atomic E-state index is 4.53. The van der Waals surface area contributed by atoms with Gasteiger partial charge in [-0.3, -0.25) is 0 Å². The highest BCUT2D eigenvalue weighted by molar-refractivity contribution is 5.47. The fourth-order valence-electron chi connectivity index (χ4n) is 3.53. The van der Waals surface area contributed by atoms with Crippen LogP contribution in [-0.2, 0) is 12.8 Å². The molecule has 1 saturated carbocycles. The van der Waals surface area contributed by atoms with Crippen LogP contribution >= 0.6 is 0 Å². The fraction of sp³-hybridized carbons (Fsp3) is 0.750. The zero-order valence-corrected chi connectivity index (χ0v) is 12.0. The average molecular weight is 259 g/mol. The topological polar surface area (TPSA) is 37.8 Å². The lowest BCUT2D eigenvalue weighted by molar-refractivity contribution is 0.455. The van der Waals surface area contributed by atoms with Gasteiger partial charge in [-0.15, -0.1) is 0 Å². The monoisotopic (exact) mass is 259 g/mol. The Labute approximate surface area is 116 Å². The summed E-state index contributed by atoms with van der Waals surface area (Å²) in [7, 11) is 0. The van der Waals surface area contributed by atoms with Crippen molar-refractivity contribution in [1.82, 2.24) is 9.97 Å². The van der Waals surface area contributed by atoms with Crippen molar-refractivity contribution in [1.29, 1.82) is 0 Å². The van der Waals surface area contributed by atoms with Crippen molar-refractivity contribution >= 4 is 5.82 Å². The summed E-state index contributed by atoms with van der Waals surface area (Å²) in [6, 6.07) is 0.600. The Kier molecular flexibility index (Phi) is 4.00. The van der Waals surface area contributed by atoms with Crippen LogP contribution in [0.1, 0.15) is 63.1 Å². The molecule has 2 aliphatic carbocycles. The van der Waals surface area contributed by atoms with Gasteiger partial charge in [-0.25, -0.2) is 9.97 Å². The van der Waals surface area contributed by atoms with E-state index < -0.39 is 0 Å². The van der Waals surface area contributed by atoms with E-state index in [0.717, 1.165) is 24.6 Å². The molecule has 2 atom stereocenters. The van der Waals surface area contributed by atoms with Gasteiger partial charge in [0.05, 0.1) is 0 Å². The van der Waals surface area contributed by atoms with E-state index in [9.17, 15) is 0 Å². The second kappa shape index (κ2) is 5.89.